The van der Waals surface area contributed by atoms with Gasteiger partial charge < -0.3 is 15.0 Å². The molecule has 0 aliphatic rings. The van der Waals surface area contributed by atoms with Gasteiger partial charge in [-0.1, -0.05) is 42.1 Å². The van der Waals surface area contributed by atoms with Crippen molar-refractivity contribution < 1.29 is 9.53 Å². The van der Waals surface area contributed by atoms with E-state index in [1.54, 1.807) is 7.11 Å². The lowest BCUT2D eigenvalue weighted by molar-refractivity contribution is -0.113. The molecule has 0 spiro atoms. The van der Waals surface area contributed by atoms with Crippen molar-refractivity contribution in [3.8, 4) is 22.8 Å². The molecule has 0 unspecified atom stereocenters. The predicted octanol–water partition coefficient (Wildman–Crippen LogP) is 5.46. The average Bonchev–Trinajstić information content (AvgIpc) is 3.47. The van der Waals surface area contributed by atoms with Crippen LogP contribution in [0.5, 0.6) is 5.75 Å². The summed E-state index contributed by atoms with van der Waals surface area (Å²) in [6, 6.07) is 23.5. The molecule has 0 atom stereocenters. The second-order valence-electron chi connectivity index (χ2n) is 7.79. The van der Waals surface area contributed by atoms with Crippen molar-refractivity contribution >= 4 is 34.3 Å². The Hall–Kier alpha value is -4.04. The van der Waals surface area contributed by atoms with Crippen molar-refractivity contribution in [1.29, 1.82) is 0 Å². The van der Waals surface area contributed by atoms with Crippen LogP contribution >= 0.6 is 11.8 Å². The lowest BCUT2D eigenvalue weighted by Crippen LogP contribution is -2.14. The zero-order chi connectivity index (χ0) is 23.5. The van der Waals surface area contributed by atoms with E-state index in [1.807, 2.05) is 78.4 Å². The van der Waals surface area contributed by atoms with E-state index in [9.17, 15) is 4.79 Å². The molecule has 1 amide bonds. The number of para-hydroxylation sites is 1. The summed E-state index contributed by atoms with van der Waals surface area (Å²) in [6.45, 7) is 2.05. The number of amides is 1. The second-order valence-corrected chi connectivity index (χ2v) is 8.74. The van der Waals surface area contributed by atoms with E-state index in [4.69, 9.17) is 4.74 Å². The summed E-state index contributed by atoms with van der Waals surface area (Å²) in [7, 11) is 1.61. The molecule has 8 heteroatoms. The lowest BCUT2D eigenvalue weighted by atomic mass is 10.1. The molecular weight excluding hydrogens is 446 g/mol. The molecule has 0 aliphatic heterocycles. The maximum Gasteiger partial charge on any atom is 0.234 e. The van der Waals surface area contributed by atoms with Gasteiger partial charge in [0, 0.05) is 34.0 Å². The number of aromatic nitrogens is 4. The Morgan fingerprint density at radius 2 is 1.88 bits per heavy atom. The number of methoxy groups -OCH3 is 1. The summed E-state index contributed by atoms with van der Waals surface area (Å²) in [4.78, 5) is 15.9. The number of rotatable bonds is 7. The molecule has 0 saturated heterocycles. The minimum atomic E-state index is -0.123. The van der Waals surface area contributed by atoms with E-state index < -0.39 is 0 Å². The van der Waals surface area contributed by atoms with Crippen molar-refractivity contribution in [3.63, 3.8) is 0 Å². The van der Waals surface area contributed by atoms with E-state index in [-0.39, 0.29) is 11.7 Å². The number of fused-ring (bicyclic) bond motifs is 1. The van der Waals surface area contributed by atoms with Gasteiger partial charge in [0.1, 0.15) is 5.75 Å². The van der Waals surface area contributed by atoms with Crippen LogP contribution in [-0.2, 0) is 4.79 Å². The molecule has 5 rings (SSSR count). The van der Waals surface area contributed by atoms with Crippen molar-refractivity contribution in [1.82, 2.24) is 19.7 Å². The number of nitrogens with one attached hydrogen (secondary N) is 2. The van der Waals surface area contributed by atoms with Crippen LogP contribution in [0.3, 0.4) is 0 Å². The van der Waals surface area contributed by atoms with Crippen LogP contribution in [0.2, 0.25) is 0 Å². The van der Waals surface area contributed by atoms with Gasteiger partial charge in [0.2, 0.25) is 5.91 Å². The highest BCUT2D eigenvalue weighted by Gasteiger charge is 2.20. The summed E-state index contributed by atoms with van der Waals surface area (Å²) < 4.78 is 7.17. The lowest BCUT2D eigenvalue weighted by Gasteiger charge is -2.11. The van der Waals surface area contributed by atoms with Crippen LogP contribution in [0.25, 0.3) is 28.0 Å². The van der Waals surface area contributed by atoms with Gasteiger partial charge in [0.15, 0.2) is 11.0 Å². The summed E-state index contributed by atoms with van der Waals surface area (Å²) in [5.41, 5.74) is 4.78. The highest BCUT2D eigenvalue weighted by atomic mass is 32.2. The Kier molecular flexibility index (Phi) is 6.05. The minimum absolute atomic E-state index is 0.123. The number of hydrogen-bond donors (Lipinski definition) is 2. The van der Waals surface area contributed by atoms with E-state index in [2.05, 4.69) is 32.6 Å². The number of thioether (sulfide) groups is 1. The third kappa shape index (κ3) is 4.40. The third-order valence-corrected chi connectivity index (χ3v) is 6.36. The highest BCUT2D eigenvalue weighted by Crippen LogP contribution is 2.32. The highest BCUT2D eigenvalue weighted by molar-refractivity contribution is 7.99. The zero-order valence-corrected chi connectivity index (χ0v) is 19.6. The molecule has 34 heavy (non-hydrogen) atoms. The van der Waals surface area contributed by atoms with Crippen molar-refractivity contribution in [3.05, 3.63) is 84.6 Å². The van der Waals surface area contributed by atoms with E-state index in [0.29, 0.717) is 10.8 Å². The van der Waals surface area contributed by atoms with Crippen molar-refractivity contribution in [2.75, 3.05) is 18.2 Å². The molecule has 2 N–H and O–H groups in total. The van der Waals surface area contributed by atoms with Crippen molar-refractivity contribution in [2.24, 2.45) is 0 Å². The Bertz CT molecular complexity index is 1460. The molecule has 2 aromatic heterocycles. The maximum atomic E-state index is 12.6. The summed E-state index contributed by atoms with van der Waals surface area (Å²) in [6.07, 6.45) is 1.95. The smallest absolute Gasteiger partial charge is 0.234 e. The first-order chi connectivity index (χ1) is 16.6. The molecule has 2 heterocycles. The number of nitrogens with zero attached hydrogens (tertiary/aromatic N) is 3. The van der Waals surface area contributed by atoms with Crippen LogP contribution in [0.15, 0.2) is 84.1 Å². The van der Waals surface area contributed by atoms with Crippen molar-refractivity contribution in [2.45, 2.75) is 12.1 Å². The number of ether oxygens (including phenoxy) is 1. The average molecular weight is 470 g/mol. The largest absolute Gasteiger partial charge is 0.497 e. The number of aryl methyl sites for hydroxylation is 1. The standard InChI is InChI=1S/C26H23N5O2S/c1-17-6-5-7-19(14-17)31-25(22-15-27-23-9-4-3-8-21(22)23)29-30-26(31)34-16-24(32)28-18-10-12-20(33-2)13-11-18/h3-15,27H,16H2,1-2H3,(H,28,32). The minimum Gasteiger partial charge on any atom is -0.497 e. The number of H-pyrrole nitrogens is 1. The fraction of sp³-hybridized carbons (Fsp3) is 0.115. The number of hydrogen-bond acceptors (Lipinski definition) is 5. The van der Waals surface area contributed by atoms with Crippen LogP contribution < -0.4 is 10.1 Å². The third-order valence-electron chi connectivity index (χ3n) is 5.43. The monoisotopic (exact) mass is 469 g/mol. The van der Waals surface area contributed by atoms with Crippen LogP contribution in [0.4, 0.5) is 5.69 Å². The molecule has 0 radical (unpaired) electrons. The zero-order valence-electron chi connectivity index (χ0n) is 18.8. The van der Waals surface area contributed by atoms with Gasteiger partial charge in [0.25, 0.3) is 0 Å². The molecule has 0 fully saturated rings. The number of aromatic amines is 1. The normalized spacial score (nSPS) is 11.0. The van der Waals surface area contributed by atoms with Gasteiger partial charge in [-0.2, -0.15) is 0 Å². The molecule has 3 aromatic carbocycles. The Morgan fingerprint density at radius 1 is 1.06 bits per heavy atom. The fourth-order valence-corrected chi connectivity index (χ4v) is 4.55. The molecule has 5 aromatic rings. The second kappa shape index (κ2) is 9.44. The first-order valence-corrected chi connectivity index (χ1v) is 11.8. The van der Waals surface area contributed by atoms with Gasteiger partial charge in [-0.3, -0.25) is 9.36 Å². The SMILES string of the molecule is COc1ccc(NC(=O)CSc2nnc(-c3c[nH]c4ccccc34)n2-c2cccc(C)c2)cc1. The molecular formula is C26H23N5O2S. The first-order valence-electron chi connectivity index (χ1n) is 10.8. The molecule has 0 aliphatic carbocycles. The van der Waals surface area contributed by atoms with Gasteiger partial charge in [-0.25, -0.2) is 0 Å². The summed E-state index contributed by atoms with van der Waals surface area (Å²) >= 11 is 1.35. The predicted molar refractivity (Wildman–Crippen MR) is 136 cm³/mol. The number of carbonyl (C=O) groups excluding carboxylic acids is 1. The molecule has 170 valence electrons. The topological polar surface area (TPSA) is 84.8 Å². The van der Waals surface area contributed by atoms with Crippen LogP contribution in [-0.4, -0.2) is 38.5 Å². The fourth-order valence-electron chi connectivity index (χ4n) is 3.80. The summed E-state index contributed by atoms with van der Waals surface area (Å²) in [5.74, 6) is 1.54. The van der Waals surface area contributed by atoms with Gasteiger partial charge in [-0.05, 0) is 55.0 Å². The molecule has 0 bridgehead atoms. The van der Waals surface area contributed by atoms with Crippen LogP contribution in [0, 0.1) is 6.92 Å². The van der Waals surface area contributed by atoms with Crippen LogP contribution in [0.1, 0.15) is 5.56 Å². The van der Waals surface area contributed by atoms with E-state index >= 15 is 0 Å². The molecule has 0 saturated carbocycles. The van der Waals surface area contributed by atoms with Gasteiger partial charge in [0.05, 0.1) is 12.9 Å². The first kappa shape index (κ1) is 21.8. The number of benzene rings is 3. The quantitative estimate of drug-likeness (QED) is 0.309. The Balaban J connectivity index is 1.44. The summed E-state index contributed by atoms with van der Waals surface area (Å²) in [5, 5.41) is 13.6. The van der Waals surface area contributed by atoms with E-state index in [1.165, 1.54) is 11.8 Å². The number of carbonyl (C=O) groups is 1. The van der Waals surface area contributed by atoms with Gasteiger partial charge >= 0.3 is 0 Å². The Morgan fingerprint density at radius 3 is 2.68 bits per heavy atom. The van der Waals surface area contributed by atoms with Gasteiger partial charge in [-0.15, -0.1) is 10.2 Å². The Labute approximate surface area is 201 Å². The van der Waals surface area contributed by atoms with E-state index in [0.717, 1.165) is 39.3 Å². The maximum absolute atomic E-state index is 12.6. The molecule has 7 nitrogen and oxygen atoms in total. The number of anilines is 1.